The highest BCUT2D eigenvalue weighted by Crippen LogP contribution is 2.25. The van der Waals surface area contributed by atoms with Gasteiger partial charge in [-0.25, -0.2) is 0 Å². The number of benzene rings is 2. The minimum Gasteiger partial charge on any atom is -0.461 e. The van der Waals surface area contributed by atoms with Gasteiger partial charge in [0.1, 0.15) is 6.10 Å². The van der Waals surface area contributed by atoms with E-state index < -0.39 is 0 Å². The minimum absolute atomic E-state index is 0.0124. The number of ketones is 1. The van der Waals surface area contributed by atoms with Crippen LogP contribution in [0.3, 0.4) is 0 Å². The second-order valence-corrected chi connectivity index (χ2v) is 6.82. The average molecular weight is 365 g/mol. The molecule has 5 heteroatoms. The lowest BCUT2D eigenvalue weighted by Crippen LogP contribution is -2.38. The third-order valence-corrected chi connectivity index (χ3v) is 4.74. The number of likely N-dealkylation sites (tertiary alicyclic amines) is 1. The van der Waals surface area contributed by atoms with E-state index in [1.54, 1.807) is 17.0 Å². The number of Topliss-reactive ketones (excluding diaryl/α,β-unsaturated/α-hetero) is 1. The van der Waals surface area contributed by atoms with Crippen LogP contribution in [-0.4, -0.2) is 41.3 Å². The van der Waals surface area contributed by atoms with Crippen LogP contribution in [0.4, 0.5) is 0 Å². The predicted octanol–water partition coefficient (Wildman–Crippen LogP) is 3.03. The first kappa shape index (κ1) is 18.8. The number of esters is 1. The normalized spacial score (nSPS) is 18.9. The van der Waals surface area contributed by atoms with Gasteiger partial charge >= 0.3 is 5.97 Å². The van der Waals surface area contributed by atoms with Gasteiger partial charge in [0.25, 0.3) is 0 Å². The number of carbonyl (C=O) groups excluding carboxylic acids is 3. The summed E-state index contributed by atoms with van der Waals surface area (Å²) in [6, 6.07) is 18.3. The molecule has 1 saturated heterocycles. The number of ether oxygens (including phenoxy) is 1. The van der Waals surface area contributed by atoms with Crippen molar-refractivity contribution in [3.05, 3.63) is 71.8 Å². The van der Waals surface area contributed by atoms with Crippen LogP contribution >= 0.6 is 0 Å². The number of nitrogens with zero attached hydrogens (tertiary/aromatic N) is 1. The number of rotatable bonds is 6. The van der Waals surface area contributed by atoms with Crippen LogP contribution in [0.1, 0.15) is 35.7 Å². The molecule has 0 unspecified atom stereocenters. The first-order valence-electron chi connectivity index (χ1n) is 9.12. The molecule has 0 N–H and O–H groups in total. The molecule has 0 bridgehead atoms. The molecule has 0 spiro atoms. The molecule has 1 aliphatic heterocycles. The van der Waals surface area contributed by atoms with Gasteiger partial charge in [0.15, 0.2) is 5.78 Å². The number of carbonyl (C=O) groups is 3. The Morgan fingerprint density at radius 1 is 1.00 bits per heavy atom. The summed E-state index contributed by atoms with van der Waals surface area (Å²) in [5.74, 6) is -0.436. The SMILES string of the molecule is CC(=O)O[C@@H]1C[C@H](CC(=O)c2ccccc2)N(C(=O)Cc2ccccc2)C1. The molecular weight excluding hydrogens is 342 g/mol. The number of hydrogen-bond acceptors (Lipinski definition) is 4. The van der Waals surface area contributed by atoms with Gasteiger partial charge in [-0.2, -0.15) is 0 Å². The Hall–Kier alpha value is -2.95. The van der Waals surface area contributed by atoms with E-state index in [0.29, 0.717) is 18.5 Å². The lowest BCUT2D eigenvalue weighted by atomic mass is 10.0. The second kappa shape index (κ2) is 8.62. The van der Waals surface area contributed by atoms with E-state index in [9.17, 15) is 14.4 Å². The van der Waals surface area contributed by atoms with E-state index in [2.05, 4.69) is 0 Å². The summed E-state index contributed by atoms with van der Waals surface area (Å²) >= 11 is 0. The van der Waals surface area contributed by atoms with Gasteiger partial charge in [0.05, 0.1) is 13.0 Å². The van der Waals surface area contributed by atoms with Crippen LogP contribution in [0.15, 0.2) is 60.7 Å². The summed E-state index contributed by atoms with van der Waals surface area (Å²) in [4.78, 5) is 38.5. The molecule has 2 aromatic carbocycles. The van der Waals surface area contributed by atoms with Crippen molar-refractivity contribution in [2.75, 3.05) is 6.54 Å². The summed E-state index contributed by atoms with van der Waals surface area (Å²) < 4.78 is 5.32. The Kier molecular flexibility index (Phi) is 6.01. The molecule has 2 aromatic rings. The number of amides is 1. The Morgan fingerprint density at radius 2 is 1.63 bits per heavy atom. The van der Waals surface area contributed by atoms with Gasteiger partial charge in [0, 0.05) is 31.4 Å². The van der Waals surface area contributed by atoms with Crippen LogP contribution in [0.5, 0.6) is 0 Å². The Labute approximate surface area is 158 Å². The summed E-state index contributed by atoms with van der Waals surface area (Å²) in [6.07, 6.45) is 0.612. The highest BCUT2D eigenvalue weighted by molar-refractivity contribution is 5.96. The lowest BCUT2D eigenvalue weighted by Gasteiger charge is -2.24. The van der Waals surface area contributed by atoms with Crippen LogP contribution < -0.4 is 0 Å². The van der Waals surface area contributed by atoms with Crippen molar-refractivity contribution in [2.45, 2.75) is 38.3 Å². The second-order valence-electron chi connectivity index (χ2n) is 6.82. The smallest absolute Gasteiger partial charge is 0.302 e. The lowest BCUT2D eigenvalue weighted by molar-refractivity contribution is -0.146. The van der Waals surface area contributed by atoms with E-state index in [1.165, 1.54) is 6.92 Å². The molecule has 1 heterocycles. The fraction of sp³-hybridized carbons (Fsp3) is 0.318. The topological polar surface area (TPSA) is 63.7 Å². The molecule has 2 atom stereocenters. The fourth-order valence-corrected chi connectivity index (χ4v) is 3.52. The summed E-state index contributed by atoms with van der Waals surface area (Å²) in [5, 5.41) is 0. The van der Waals surface area contributed by atoms with Crippen molar-refractivity contribution in [3.63, 3.8) is 0 Å². The monoisotopic (exact) mass is 365 g/mol. The van der Waals surface area contributed by atoms with Crippen LogP contribution in [-0.2, 0) is 20.7 Å². The highest BCUT2D eigenvalue weighted by Gasteiger charge is 2.37. The average Bonchev–Trinajstić information content (AvgIpc) is 3.05. The zero-order valence-electron chi connectivity index (χ0n) is 15.3. The Balaban J connectivity index is 1.72. The molecule has 1 aliphatic rings. The van der Waals surface area contributed by atoms with Crippen molar-refractivity contribution in [2.24, 2.45) is 0 Å². The summed E-state index contributed by atoms with van der Waals surface area (Å²) in [6.45, 7) is 1.69. The molecule has 0 radical (unpaired) electrons. The molecule has 1 fully saturated rings. The molecular formula is C22H23NO4. The molecule has 27 heavy (non-hydrogen) atoms. The molecule has 1 amide bonds. The van der Waals surface area contributed by atoms with Gasteiger partial charge in [-0.1, -0.05) is 60.7 Å². The fourth-order valence-electron chi connectivity index (χ4n) is 3.52. The maximum atomic E-state index is 12.8. The molecule has 140 valence electrons. The predicted molar refractivity (Wildman–Crippen MR) is 101 cm³/mol. The van der Waals surface area contributed by atoms with Crippen LogP contribution in [0.25, 0.3) is 0 Å². The molecule has 3 rings (SSSR count). The largest absolute Gasteiger partial charge is 0.461 e. The highest BCUT2D eigenvalue weighted by atomic mass is 16.5. The van der Waals surface area contributed by atoms with Gasteiger partial charge in [-0.15, -0.1) is 0 Å². The first-order chi connectivity index (χ1) is 13.0. The van der Waals surface area contributed by atoms with Gasteiger partial charge in [-0.3, -0.25) is 14.4 Å². The van der Waals surface area contributed by atoms with Crippen LogP contribution in [0.2, 0.25) is 0 Å². The van der Waals surface area contributed by atoms with E-state index in [1.807, 2.05) is 48.5 Å². The maximum Gasteiger partial charge on any atom is 0.302 e. The van der Waals surface area contributed by atoms with Crippen molar-refractivity contribution in [1.29, 1.82) is 0 Å². The van der Waals surface area contributed by atoms with Gasteiger partial charge in [-0.05, 0) is 5.56 Å². The standard InChI is InChI=1S/C22H23NO4/c1-16(24)27-20-13-19(14-21(25)18-10-6-3-7-11-18)23(15-20)22(26)12-17-8-4-2-5-9-17/h2-11,19-20H,12-15H2,1H3/t19-,20-/m1/s1. The van der Waals surface area contributed by atoms with E-state index in [4.69, 9.17) is 4.74 Å². The van der Waals surface area contributed by atoms with Crippen molar-refractivity contribution >= 4 is 17.7 Å². The van der Waals surface area contributed by atoms with Crippen molar-refractivity contribution in [1.82, 2.24) is 4.90 Å². The van der Waals surface area contributed by atoms with Crippen LogP contribution in [0, 0.1) is 0 Å². The van der Waals surface area contributed by atoms with Crippen molar-refractivity contribution in [3.8, 4) is 0 Å². The number of hydrogen-bond donors (Lipinski definition) is 0. The van der Waals surface area contributed by atoms with E-state index in [0.717, 1.165) is 5.56 Å². The summed E-state index contributed by atoms with van der Waals surface area (Å²) in [7, 11) is 0. The maximum absolute atomic E-state index is 12.8. The zero-order chi connectivity index (χ0) is 19.2. The first-order valence-corrected chi connectivity index (χ1v) is 9.12. The summed E-state index contributed by atoms with van der Waals surface area (Å²) in [5.41, 5.74) is 1.55. The third-order valence-electron chi connectivity index (χ3n) is 4.74. The molecule has 0 aliphatic carbocycles. The molecule has 5 nitrogen and oxygen atoms in total. The molecule has 0 aromatic heterocycles. The Morgan fingerprint density at radius 3 is 2.26 bits per heavy atom. The van der Waals surface area contributed by atoms with Gasteiger partial charge in [0.2, 0.25) is 5.91 Å². The van der Waals surface area contributed by atoms with Crippen molar-refractivity contribution < 1.29 is 19.1 Å². The van der Waals surface area contributed by atoms with E-state index in [-0.39, 0.29) is 42.6 Å². The minimum atomic E-state index is -0.370. The Bertz CT molecular complexity index is 804. The zero-order valence-corrected chi connectivity index (χ0v) is 15.3. The quantitative estimate of drug-likeness (QED) is 0.583. The van der Waals surface area contributed by atoms with Gasteiger partial charge < -0.3 is 9.64 Å². The van der Waals surface area contributed by atoms with E-state index >= 15 is 0 Å². The molecule has 0 saturated carbocycles. The third kappa shape index (κ3) is 5.03.